The second-order valence-electron chi connectivity index (χ2n) is 3.33. The highest BCUT2D eigenvalue weighted by Crippen LogP contribution is 2.06. The van der Waals surface area contributed by atoms with Gasteiger partial charge in [0, 0.05) is 13.1 Å². The minimum Gasteiger partial charge on any atom is -0.481 e. The summed E-state index contributed by atoms with van der Waals surface area (Å²) < 4.78 is 0. The summed E-state index contributed by atoms with van der Waals surface area (Å²) in [5, 5.41) is 12.7. The summed E-state index contributed by atoms with van der Waals surface area (Å²) in [6.45, 7) is 1.55. The third kappa shape index (κ3) is 4.39. The minimum atomic E-state index is -0.729. The summed E-state index contributed by atoms with van der Waals surface area (Å²) in [6, 6.07) is 2.11. The molecule has 0 bridgehead atoms. The van der Waals surface area contributed by atoms with Crippen LogP contribution in [-0.4, -0.2) is 36.1 Å². The van der Waals surface area contributed by atoms with Gasteiger partial charge in [-0.1, -0.05) is 0 Å². The molecule has 0 aliphatic carbocycles. The highest BCUT2D eigenvalue weighted by Gasteiger charge is 2.02. The first-order chi connectivity index (χ1) is 6.68. The molecule has 14 heavy (non-hydrogen) atoms. The Balaban J connectivity index is 2.15. The van der Waals surface area contributed by atoms with Gasteiger partial charge in [0.15, 0.2) is 0 Å². The molecule has 0 aromatic carbocycles. The molecular formula is C10H15NO2S. The van der Waals surface area contributed by atoms with Gasteiger partial charge in [-0.15, -0.1) is 0 Å². The summed E-state index contributed by atoms with van der Waals surface area (Å²) in [6.07, 6.45) is 1.22. The first kappa shape index (κ1) is 11.2. The number of aliphatic carboxylic acids is 1. The van der Waals surface area contributed by atoms with Crippen molar-refractivity contribution in [2.75, 3.05) is 20.1 Å². The van der Waals surface area contributed by atoms with Crippen LogP contribution < -0.4 is 0 Å². The van der Waals surface area contributed by atoms with Crippen molar-refractivity contribution in [2.24, 2.45) is 0 Å². The van der Waals surface area contributed by atoms with Gasteiger partial charge in [0.2, 0.25) is 0 Å². The predicted molar refractivity (Wildman–Crippen MR) is 57.8 cm³/mol. The third-order valence-electron chi connectivity index (χ3n) is 2.07. The highest BCUT2D eigenvalue weighted by atomic mass is 32.1. The molecule has 0 saturated heterocycles. The minimum absolute atomic E-state index is 0.222. The average molecular weight is 213 g/mol. The molecule has 1 aromatic rings. The molecule has 0 aliphatic heterocycles. The van der Waals surface area contributed by atoms with E-state index in [9.17, 15) is 4.79 Å². The Labute approximate surface area is 88.0 Å². The van der Waals surface area contributed by atoms with Crippen LogP contribution in [0, 0.1) is 0 Å². The molecule has 0 aliphatic rings. The van der Waals surface area contributed by atoms with Crippen molar-refractivity contribution in [3.63, 3.8) is 0 Å². The molecule has 0 amide bonds. The lowest BCUT2D eigenvalue weighted by atomic mass is 10.2. The Morgan fingerprint density at radius 3 is 2.93 bits per heavy atom. The fourth-order valence-corrected chi connectivity index (χ4v) is 1.86. The summed E-state index contributed by atoms with van der Waals surface area (Å²) >= 11 is 1.70. The SMILES string of the molecule is CN(CCC(=O)O)CCc1ccsc1. The lowest BCUT2D eigenvalue weighted by Crippen LogP contribution is -2.24. The second-order valence-corrected chi connectivity index (χ2v) is 4.11. The van der Waals surface area contributed by atoms with Crippen LogP contribution in [0.2, 0.25) is 0 Å². The van der Waals surface area contributed by atoms with E-state index in [4.69, 9.17) is 5.11 Å². The van der Waals surface area contributed by atoms with Gasteiger partial charge < -0.3 is 10.0 Å². The zero-order chi connectivity index (χ0) is 10.4. The quantitative estimate of drug-likeness (QED) is 0.782. The van der Waals surface area contributed by atoms with Crippen molar-refractivity contribution in [2.45, 2.75) is 12.8 Å². The van der Waals surface area contributed by atoms with E-state index in [1.54, 1.807) is 11.3 Å². The van der Waals surface area contributed by atoms with Crippen molar-refractivity contribution in [1.29, 1.82) is 0 Å². The Bertz CT molecular complexity index is 272. The molecule has 78 valence electrons. The van der Waals surface area contributed by atoms with E-state index in [0.29, 0.717) is 6.54 Å². The second kappa shape index (κ2) is 5.78. The first-order valence-electron chi connectivity index (χ1n) is 4.60. The van der Waals surface area contributed by atoms with Crippen LogP contribution in [0.25, 0.3) is 0 Å². The van der Waals surface area contributed by atoms with Gasteiger partial charge in [-0.3, -0.25) is 4.79 Å². The smallest absolute Gasteiger partial charge is 0.304 e. The topological polar surface area (TPSA) is 40.5 Å². The standard InChI is InChI=1S/C10H15NO2S/c1-11(6-3-10(12)13)5-2-9-4-7-14-8-9/h4,7-8H,2-3,5-6H2,1H3,(H,12,13). The molecule has 0 saturated carbocycles. The van der Waals surface area contributed by atoms with Crippen molar-refractivity contribution in [3.8, 4) is 0 Å². The van der Waals surface area contributed by atoms with Crippen LogP contribution in [0.5, 0.6) is 0 Å². The molecule has 1 aromatic heterocycles. The van der Waals surface area contributed by atoms with E-state index in [-0.39, 0.29) is 6.42 Å². The zero-order valence-corrected chi connectivity index (χ0v) is 9.09. The number of nitrogens with zero attached hydrogens (tertiary/aromatic N) is 1. The van der Waals surface area contributed by atoms with Crippen LogP contribution in [-0.2, 0) is 11.2 Å². The maximum absolute atomic E-state index is 10.3. The Hall–Kier alpha value is -0.870. The number of carboxylic acids is 1. The third-order valence-corrected chi connectivity index (χ3v) is 2.80. The molecule has 3 nitrogen and oxygen atoms in total. The molecule has 0 spiro atoms. The van der Waals surface area contributed by atoms with Gasteiger partial charge in [-0.2, -0.15) is 11.3 Å². The normalized spacial score (nSPS) is 10.7. The molecule has 0 atom stereocenters. The fraction of sp³-hybridized carbons (Fsp3) is 0.500. The van der Waals surface area contributed by atoms with E-state index in [1.807, 2.05) is 11.9 Å². The van der Waals surface area contributed by atoms with E-state index < -0.39 is 5.97 Å². The van der Waals surface area contributed by atoms with Crippen molar-refractivity contribution in [1.82, 2.24) is 4.90 Å². The van der Waals surface area contributed by atoms with Crippen LogP contribution in [0.1, 0.15) is 12.0 Å². The average Bonchev–Trinajstić information content (AvgIpc) is 2.63. The van der Waals surface area contributed by atoms with E-state index in [1.165, 1.54) is 5.56 Å². The summed E-state index contributed by atoms with van der Waals surface area (Å²) in [7, 11) is 1.95. The molecule has 1 heterocycles. The molecule has 0 radical (unpaired) electrons. The van der Waals surface area contributed by atoms with Gasteiger partial charge in [-0.25, -0.2) is 0 Å². The Morgan fingerprint density at radius 1 is 1.57 bits per heavy atom. The van der Waals surface area contributed by atoms with Gasteiger partial charge in [-0.05, 0) is 35.9 Å². The van der Waals surface area contributed by atoms with E-state index >= 15 is 0 Å². The van der Waals surface area contributed by atoms with Crippen LogP contribution in [0.4, 0.5) is 0 Å². The Kier molecular flexibility index (Phi) is 4.62. The van der Waals surface area contributed by atoms with Crippen molar-refractivity contribution >= 4 is 17.3 Å². The monoisotopic (exact) mass is 213 g/mol. The number of likely N-dealkylation sites (N-methyl/N-ethyl adjacent to an activating group) is 1. The summed E-state index contributed by atoms with van der Waals surface area (Å²) in [5.74, 6) is -0.729. The molecule has 0 fully saturated rings. The largest absolute Gasteiger partial charge is 0.481 e. The number of thiophene rings is 1. The van der Waals surface area contributed by atoms with E-state index in [2.05, 4.69) is 16.8 Å². The number of carbonyl (C=O) groups is 1. The maximum atomic E-state index is 10.3. The number of hydrogen-bond donors (Lipinski definition) is 1. The first-order valence-corrected chi connectivity index (χ1v) is 5.54. The molecular weight excluding hydrogens is 198 g/mol. The fourth-order valence-electron chi connectivity index (χ4n) is 1.15. The summed E-state index contributed by atoms with van der Waals surface area (Å²) in [4.78, 5) is 12.4. The highest BCUT2D eigenvalue weighted by molar-refractivity contribution is 7.07. The van der Waals surface area contributed by atoms with Crippen LogP contribution in [0.3, 0.4) is 0 Å². The predicted octanol–water partition coefficient (Wildman–Crippen LogP) is 1.70. The lowest BCUT2D eigenvalue weighted by Gasteiger charge is -2.14. The van der Waals surface area contributed by atoms with Gasteiger partial charge in [0.05, 0.1) is 6.42 Å². The van der Waals surface area contributed by atoms with Crippen LogP contribution in [0.15, 0.2) is 16.8 Å². The maximum Gasteiger partial charge on any atom is 0.304 e. The van der Waals surface area contributed by atoms with Gasteiger partial charge in [0.1, 0.15) is 0 Å². The van der Waals surface area contributed by atoms with Gasteiger partial charge >= 0.3 is 5.97 Å². The Morgan fingerprint density at radius 2 is 2.36 bits per heavy atom. The number of carboxylic acid groups (broad SMARTS) is 1. The van der Waals surface area contributed by atoms with Crippen molar-refractivity contribution < 1.29 is 9.90 Å². The molecule has 1 N–H and O–H groups in total. The number of hydrogen-bond acceptors (Lipinski definition) is 3. The summed E-state index contributed by atoms with van der Waals surface area (Å²) in [5.41, 5.74) is 1.33. The molecule has 0 unspecified atom stereocenters. The zero-order valence-electron chi connectivity index (χ0n) is 8.27. The molecule has 1 rings (SSSR count). The van der Waals surface area contributed by atoms with Crippen LogP contribution >= 0.6 is 11.3 Å². The molecule has 4 heteroatoms. The number of rotatable bonds is 6. The van der Waals surface area contributed by atoms with E-state index in [0.717, 1.165) is 13.0 Å². The van der Waals surface area contributed by atoms with Gasteiger partial charge in [0.25, 0.3) is 0 Å². The lowest BCUT2D eigenvalue weighted by molar-refractivity contribution is -0.137. The van der Waals surface area contributed by atoms with Crippen molar-refractivity contribution in [3.05, 3.63) is 22.4 Å².